The summed E-state index contributed by atoms with van der Waals surface area (Å²) in [6.07, 6.45) is 0.621. The number of nitro benzene ring substituents is 1. The van der Waals surface area contributed by atoms with E-state index in [-0.39, 0.29) is 30.4 Å². The molecule has 8 heteroatoms. The third-order valence-electron chi connectivity index (χ3n) is 2.10. The standard InChI is InChI=1S/C10H12BrN3O4/c11-7-3-1-4-8(14(16)17)10(7)18-6-2-5-9(15)13-12/h1,3-4H,2,5-6,12H2,(H,13,15). The van der Waals surface area contributed by atoms with Crippen LogP contribution in [0.25, 0.3) is 0 Å². The van der Waals surface area contributed by atoms with Gasteiger partial charge in [0, 0.05) is 12.5 Å². The van der Waals surface area contributed by atoms with E-state index in [2.05, 4.69) is 15.9 Å². The summed E-state index contributed by atoms with van der Waals surface area (Å²) in [5.41, 5.74) is 1.87. The number of hydrogen-bond acceptors (Lipinski definition) is 5. The first-order chi connectivity index (χ1) is 8.56. The fourth-order valence-corrected chi connectivity index (χ4v) is 1.73. The number of para-hydroxylation sites is 1. The topological polar surface area (TPSA) is 107 Å². The number of benzene rings is 1. The highest BCUT2D eigenvalue weighted by molar-refractivity contribution is 9.10. The molecule has 0 unspecified atom stereocenters. The maximum atomic E-state index is 10.9. The summed E-state index contributed by atoms with van der Waals surface area (Å²) in [7, 11) is 0. The third kappa shape index (κ3) is 3.97. The van der Waals surface area contributed by atoms with Crippen molar-refractivity contribution in [3.63, 3.8) is 0 Å². The molecule has 0 aliphatic carbocycles. The van der Waals surface area contributed by atoms with Crippen LogP contribution >= 0.6 is 15.9 Å². The van der Waals surface area contributed by atoms with Crippen LogP contribution in [0.1, 0.15) is 12.8 Å². The molecule has 18 heavy (non-hydrogen) atoms. The van der Waals surface area contributed by atoms with E-state index in [0.29, 0.717) is 10.9 Å². The number of hydrazine groups is 1. The second-order valence-corrected chi connectivity index (χ2v) is 4.22. The average Bonchev–Trinajstić information content (AvgIpc) is 2.35. The molecule has 7 nitrogen and oxygen atoms in total. The van der Waals surface area contributed by atoms with Crippen LogP contribution in [0.2, 0.25) is 0 Å². The highest BCUT2D eigenvalue weighted by Crippen LogP contribution is 2.34. The Morgan fingerprint density at radius 1 is 1.56 bits per heavy atom. The van der Waals surface area contributed by atoms with E-state index in [4.69, 9.17) is 10.6 Å². The Labute approximate surface area is 112 Å². The quantitative estimate of drug-likeness (QED) is 0.272. The van der Waals surface area contributed by atoms with E-state index in [1.807, 2.05) is 5.43 Å². The summed E-state index contributed by atoms with van der Waals surface area (Å²) in [6.45, 7) is 0.191. The van der Waals surface area contributed by atoms with Gasteiger partial charge in [0.15, 0.2) is 0 Å². The van der Waals surface area contributed by atoms with Crippen molar-refractivity contribution >= 4 is 27.5 Å². The second-order valence-electron chi connectivity index (χ2n) is 3.36. The number of nitrogens with one attached hydrogen (secondary N) is 1. The van der Waals surface area contributed by atoms with Crippen LogP contribution in [-0.2, 0) is 4.79 Å². The zero-order valence-corrected chi connectivity index (χ0v) is 11.0. The number of ether oxygens (including phenoxy) is 1. The van der Waals surface area contributed by atoms with Crippen LogP contribution in [0.5, 0.6) is 5.75 Å². The zero-order valence-electron chi connectivity index (χ0n) is 9.39. The lowest BCUT2D eigenvalue weighted by molar-refractivity contribution is -0.386. The van der Waals surface area contributed by atoms with Crippen LogP contribution < -0.4 is 16.0 Å². The van der Waals surface area contributed by atoms with Gasteiger partial charge in [-0.3, -0.25) is 20.3 Å². The smallest absolute Gasteiger partial charge is 0.312 e. The number of carbonyl (C=O) groups is 1. The van der Waals surface area contributed by atoms with Crippen LogP contribution in [0.4, 0.5) is 5.69 Å². The molecule has 0 atom stereocenters. The molecule has 0 bridgehead atoms. The first-order valence-electron chi connectivity index (χ1n) is 5.11. The molecule has 0 aromatic heterocycles. The van der Waals surface area contributed by atoms with Gasteiger partial charge in [0.1, 0.15) is 0 Å². The van der Waals surface area contributed by atoms with Gasteiger partial charge in [0.2, 0.25) is 11.7 Å². The van der Waals surface area contributed by atoms with Crippen LogP contribution in [0, 0.1) is 10.1 Å². The van der Waals surface area contributed by atoms with Gasteiger partial charge in [-0.05, 0) is 28.4 Å². The average molecular weight is 318 g/mol. The van der Waals surface area contributed by atoms with Crippen LogP contribution in [0.3, 0.4) is 0 Å². The van der Waals surface area contributed by atoms with Crippen molar-refractivity contribution in [2.75, 3.05) is 6.61 Å². The number of nitrogens with two attached hydrogens (primary N) is 1. The molecule has 0 fully saturated rings. The van der Waals surface area contributed by atoms with Gasteiger partial charge >= 0.3 is 5.69 Å². The summed E-state index contributed by atoms with van der Waals surface area (Å²) in [5.74, 6) is 4.77. The largest absolute Gasteiger partial charge is 0.486 e. The maximum Gasteiger partial charge on any atom is 0.312 e. The predicted molar refractivity (Wildman–Crippen MR) is 67.9 cm³/mol. The summed E-state index contributed by atoms with van der Waals surface area (Å²) in [4.78, 5) is 21.1. The van der Waals surface area contributed by atoms with E-state index >= 15 is 0 Å². The Balaban J connectivity index is 2.61. The normalized spacial score (nSPS) is 9.89. The van der Waals surface area contributed by atoms with Gasteiger partial charge in [0.25, 0.3) is 0 Å². The summed E-state index contributed by atoms with van der Waals surface area (Å²) < 4.78 is 5.81. The molecule has 0 saturated carbocycles. The highest BCUT2D eigenvalue weighted by Gasteiger charge is 2.17. The monoisotopic (exact) mass is 317 g/mol. The first-order valence-corrected chi connectivity index (χ1v) is 5.90. The van der Waals surface area contributed by atoms with Gasteiger partial charge < -0.3 is 4.74 Å². The molecule has 1 aromatic carbocycles. The predicted octanol–water partition coefficient (Wildman–Crippen LogP) is 1.51. The fourth-order valence-electron chi connectivity index (χ4n) is 1.26. The molecule has 0 aliphatic heterocycles. The Kier molecular flexibility index (Phi) is 5.53. The molecule has 0 aliphatic rings. The molecular weight excluding hydrogens is 306 g/mol. The lowest BCUT2D eigenvalue weighted by Crippen LogP contribution is -2.30. The van der Waals surface area contributed by atoms with Crippen molar-refractivity contribution in [3.8, 4) is 5.75 Å². The third-order valence-corrected chi connectivity index (χ3v) is 2.72. The highest BCUT2D eigenvalue weighted by atomic mass is 79.9. The molecule has 3 N–H and O–H groups in total. The molecule has 0 radical (unpaired) electrons. The number of hydrogen-bond donors (Lipinski definition) is 2. The Morgan fingerprint density at radius 3 is 2.89 bits per heavy atom. The van der Waals surface area contributed by atoms with Crippen molar-refractivity contribution in [2.45, 2.75) is 12.8 Å². The van der Waals surface area contributed by atoms with Gasteiger partial charge in [-0.1, -0.05) is 6.07 Å². The van der Waals surface area contributed by atoms with Crippen LogP contribution in [-0.4, -0.2) is 17.4 Å². The molecule has 1 amide bonds. The second kappa shape index (κ2) is 6.92. The summed E-state index contributed by atoms with van der Waals surface area (Å²) >= 11 is 3.18. The number of halogens is 1. The minimum Gasteiger partial charge on any atom is -0.486 e. The number of rotatable bonds is 6. The number of nitrogens with zero attached hydrogens (tertiary/aromatic N) is 1. The SMILES string of the molecule is NNC(=O)CCCOc1c(Br)cccc1[N+](=O)[O-]. The van der Waals surface area contributed by atoms with Gasteiger partial charge in [-0.2, -0.15) is 0 Å². The van der Waals surface area contributed by atoms with Crippen molar-refractivity contribution in [3.05, 3.63) is 32.8 Å². The van der Waals surface area contributed by atoms with Gasteiger partial charge in [0.05, 0.1) is 16.0 Å². The maximum absolute atomic E-state index is 10.9. The number of nitro groups is 1. The van der Waals surface area contributed by atoms with E-state index in [9.17, 15) is 14.9 Å². The summed E-state index contributed by atoms with van der Waals surface area (Å²) in [6, 6.07) is 4.55. The summed E-state index contributed by atoms with van der Waals surface area (Å²) in [5, 5.41) is 10.8. The Bertz CT molecular complexity index is 453. The van der Waals surface area contributed by atoms with Crippen molar-refractivity contribution in [1.29, 1.82) is 0 Å². The van der Waals surface area contributed by atoms with E-state index in [1.165, 1.54) is 6.07 Å². The lowest BCUT2D eigenvalue weighted by Gasteiger charge is -2.08. The lowest BCUT2D eigenvalue weighted by atomic mass is 10.3. The van der Waals surface area contributed by atoms with Crippen LogP contribution in [0.15, 0.2) is 22.7 Å². The zero-order chi connectivity index (χ0) is 13.5. The van der Waals surface area contributed by atoms with E-state index in [0.717, 1.165) is 0 Å². The fraction of sp³-hybridized carbons (Fsp3) is 0.300. The van der Waals surface area contributed by atoms with Crippen molar-refractivity contribution in [2.24, 2.45) is 5.84 Å². The minimum atomic E-state index is -0.521. The number of carbonyl (C=O) groups excluding carboxylic acids is 1. The molecule has 1 rings (SSSR count). The number of amides is 1. The van der Waals surface area contributed by atoms with Crippen molar-refractivity contribution < 1.29 is 14.5 Å². The van der Waals surface area contributed by atoms with E-state index in [1.54, 1.807) is 12.1 Å². The van der Waals surface area contributed by atoms with E-state index < -0.39 is 4.92 Å². The van der Waals surface area contributed by atoms with Crippen molar-refractivity contribution in [1.82, 2.24) is 5.43 Å². The first kappa shape index (κ1) is 14.4. The Hall–Kier alpha value is -1.67. The molecule has 0 heterocycles. The molecule has 1 aromatic rings. The molecule has 0 spiro atoms. The molecule has 98 valence electrons. The minimum absolute atomic E-state index is 0.118. The Morgan fingerprint density at radius 2 is 2.28 bits per heavy atom. The molecule has 0 saturated heterocycles. The molecular formula is C10H12BrN3O4. The van der Waals surface area contributed by atoms with Gasteiger partial charge in [-0.15, -0.1) is 0 Å². The van der Waals surface area contributed by atoms with Gasteiger partial charge in [-0.25, -0.2) is 5.84 Å².